The van der Waals surface area contributed by atoms with E-state index in [0.29, 0.717) is 17.8 Å². The molecule has 0 saturated heterocycles. The predicted molar refractivity (Wildman–Crippen MR) is 131 cm³/mol. The highest BCUT2D eigenvalue weighted by molar-refractivity contribution is 5.98. The number of halogens is 5. The van der Waals surface area contributed by atoms with E-state index in [1.165, 1.54) is 18.2 Å². The Bertz CT molecular complexity index is 1040. The van der Waals surface area contributed by atoms with Crippen LogP contribution in [0.1, 0.15) is 62.1 Å². The van der Waals surface area contributed by atoms with Crippen LogP contribution >= 0.6 is 0 Å². The van der Waals surface area contributed by atoms with Crippen molar-refractivity contribution < 1.29 is 22.0 Å². The second kappa shape index (κ2) is 13.1. The van der Waals surface area contributed by atoms with Crippen molar-refractivity contribution in [2.24, 2.45) is 10.7 Å². The van der Waals surface area contributed by atoms with Crippen molar-refractivity contribution in [1.82, 2.24) is 5.32 Å². The predicted octanol–water partition coefficient (Wildman–Crippen LogP) is 6.50. The van der Waals surface area contributed by atoms with E-state index in [2.05, 4.69) is 10.3 Å². The Kier molecular flexibility index (Phi) is 10.5. The van der Waals surface area contributed by atoms with Crippen LogP contribution in [0.3, 0.4) is 0 Å². The molecule has 0 saturated carbocycles. The molecule has 3 rings (SSSR count). The average molecular weight is 497 g/mol. The summed E-state index contributed by atoms with van der Waals surface area (Å²) in [5.41, 5.74) is 13.4. The highest BCUT2D eigenvalue weighted by Gasteiger charge is 2.32. The summed E-state index contributed by atoms with van der Waals surface area (Å²) in [5, 5.41) is 3.04. The highest BCUT2D eigenvalue weighted by Crippen LogP contribution is 2.32. The van der Waals surface area contributed by atoms with Gasteiger partial charge in [0.25, 0.3) is 0 Å². The maximum absolute atomic E-state index is 13.0. The fourth-order valence-electron chi connectivity index (χ4n) is 3.94. The number of amidine groups is 1. The van der Waals surface area contributed by atoms with Gasteiger partial charge >= 0.3 is 6.18 Å². The minimum Gasteiger partial charge on any atom is -0.402 e. The van der Waals surface area contributed by atoms with Crippen LogP contribution in [-0.4, -0.2) is 12.9 Å². The first-order valence-electron chi connectivity index (χ1n) is 11.7. The number of anilines is 1. The summed E-state index contributed by atoms with van der Waals surface area (Å²) in [6, 6.07) is 7.66. The minimum absolute atomic E-state index is 0.0678. The molecular weight excluding hydrogens is 463 g/mol. The van der Waals surface area contributed by atoms with Gasteiger partial charge in [-0.3, -0.25) is 4.99 Å². The van der Waals surface area contributed by atoms with Crippen LogP contribution in [0.15, 0.2) is 52.7 Å². The van der Waals surface area contributed by atoms with E-state index in [9.17, 15) is 22.0 Å². The summed E-state index contributed by atoms with van der Waals surface area (Å²) in [6.07, 6.45) is 1.88. The summed E-state index contributed by atoms with van der Waals surface area (Å²) >= 11 is 0. The molecule has 0 amide bonds. The molecule has 1 aliphatic carbocycles. The van der Waals surface area contributed by atoms with E-state index in [-0.39, 0.29) is 17.8 Å². The fourth-order valence-corrected chi connectivity index (χ4v) is 3.94. The number of allylic oxidation sites excluding steroid dienone is 1. The minimum atomic E-state index is -4.36. The van der Waals surface area contributed by atoms with Gasteiger partial charge in [-0.25, -0.2) is 8.78 Å². The molecule has 1 aliphatic rings. The largest absolute Gasteiger partial charge is 0.416 e. The first-order valence-corrected chi connectivity index (χ1v) is 11.7. The Morgan fingerprint density at radius 2 is 1.69 bits per heavy atom. The molecule has 35 heavy (non-hydrogen) atoms. The van der Waals surface area contributed by atoms with Gasteiger partial charge in [0, 0.05) is 30.9 Å². The number of aliphatic imine (C=N–C) groups is 1. The number of hydrogen-bond donors (Lipinski definition) is 3. The second-order valence-electron chi connectivity index (χ2n) is 8.36. The quantitative estimate of drug-likeness (QED) is 0.191. The zero-order valence-electron chi connectivity index (χ0n) is 20.1. The third-order valence-electron chi connectivity index (χ3n) is 5.74. The van der Waals surface area contributed by atoms with E-state index in [0.717, 1.165) is 61.9 Å². The maximum Gasteiger partial charge on any atom is 0.416 e. The molecule has 0 radical (unpaired) electrons. The number of nitrogen functional groups attached to an aromatic ring is 1. The van der Waals surface area contributed by atoms with Gasteiger partial charge in [0.15, 0.2) is 0 Å². The summed E-state index contributed by atoms with van der Waals surface area (Å²) in [5.74, 6) is -0.634. The van der Waals surface area contributed by atoms with Crippen molar-refractivity contribution in [2.75, 3.05) is 12.8 Å². The molecule has 0 unspecified atom stereocenters. The maximum atomic E-state index is 13.0. The number of benzene rings is 2. The summed E-state index contributed by atoms with van der Waals surface area (Å²) in [6.45, 7) is 2.00. The lowest BCUT2D eigenvalue weighted by atomic mass is 10.1. The molecule has 0 spiro atoms. The lowest BCUT2D eigenvalue weighted by molar-refractivity contribution is -0.138. The molecule has 9 heteroatoms. The summed E-state index contributed by atoms with van der Waals surface area (Å²) in [4.78, 5) is 4.20. The number of nitrogens with zero attached hydrogens (tertiary/aromatic N) is 1. The van der Waals surface area contributed by atoms with E-state index < -0.39 is 23.4 Å². The van der Waals surface area contributed by atoms with Gasteiger partial charge in [-0.05, 0) is 55.4 Å². The number of hydrogen-bond acceptors (Lipinski definition) is 3. The van der Waals surface area contributed by atoms with Crippen LogP contribution in [0.25, 0.3) is 0 Å². The average Bonchev–Trinajstić information content (AvgIpc) is 3.02. The third-order valence-corrected chi connectivity index (χ3v) is 5.74. The van der Waals surface area contributed by atoms with Gasteiger partial charge < -0.3 is 16.8 Å². The van der Waals surface area contributed by atoms with E-state index in [1.54, 1.807) is 13.1 Å². The van der Waals surface area contributed by atoms with E-state index in [4.69, 9.17) is 11.5 Å². The van der Waals surface area contributed by atoms with Crippen molar-refractivity contribution in [3.8, 4) is 0 Å². The molecule has 192 valence electrons. The van der Waals surface area contributed by atoms with Crippen LogP contribution in [0.5, 0.6) is 0 Å². The van der Waals surface area contributed by atoms with Crippen molar-refractivity contribution in [2.45, 2.75) is 64.6 Å². The summed E-state index contributed by atoms with van der Waals surface area (Å²) < 4.78 is 64.5. The number of alkyl halides is 3. The van der Waals surface area contributed by atoms with Crippen molar-refractivity contribution >= 4 is 11.5 Å². The zero-order valence-corrected chi connectivity index (χ0v) is 20.1. The van der Waals surface area contributed by atoms with Gasteiger partial charge in [-0.15, -0.1) is 0 Å². The molecule has 0 atom stereocenters. The van der Waals surface area contributed by atoms with Crippen molar-refractivity contribution in [3.63, 3.8) is 0 Å². The Labute approximate surface area is 203 Å². The molecule has 5 N–H and O–H groups in total. The zero-order chi connectivity index (χ0) is 26.0. The number of aryl methyl sites for hydroxylation is 1. The van der Waals surface area contributed by atoms with E-state index >= 15 is 0 Å². The first kappa shape index (κ1) is 28.1. The second-order valence-corrected chi connectivity index (χ2v) is 8.36. The molecule has 4 nitrogen and oxygen atoms in total. The molecular formula is C26H33F5N4. The van der Waals surface area contributed by atoms with Crippen molar-refractivity contribution in [1.29, 1.82) is 0 Å². The Hall–Kier alpha value is -3.10. The Morgan fingerprint density at radius 1 is 1.00 bits per heavy atom. The number of nitrogens with two attached hydrogens (primary N) is 2. The van der Waals surface area contributed by atoms with Crippen LogP contribution in [0.2, 0.25) is 0 Å². The van der Waals surface area contributed by atoms with Crippen molar-refractivity contribution in [3.05, 3.63) is 76.0 Å². The normalized spacial score (nSPS) is 14.8. The first-order chi connectivity index (χ1) is 16.6. The molecule has 0 bridgehead atoms. The Balaban J connectivity index is 0.000000303. The molecule has 0 heterocycles. The van der Waals surface area contributed by atoms with Crippen LogP contribution in [-0.2, 0) is 19.1 Å². The number of nitrogens with one attached hydrogen (secondary N) is 1. The molecule has 0 aliphatic heterocycles. The standard InChI is InChI=1S/C17H22F3N3.C9H11F2N/c1-22-16(13-8-3-2-4-10-15(13)21)23-11-12-7-5-6-9-14(12)17(18,19)20;1-2-3-6-4-7(10)5-8(11)9(6)12/h5-7,9H,2-4,8,10-11,21H2,1H3,(H,22,23);4-5H,2-3,12H2,1H3. The smallest absolute Gasteiger partial charge is 0.402 e. The van der Waals surface area contributed by atoms with Gasteiger partial charge in [-0.2, -0.15) is 13.2 Å². The topological polar surface area (TPSA) is 76.4 Å². The summed E-state index contributed by atoms with van der Waals surface area (Å²) in [7, 11) is 1.63. The SMILES string of the molecule is CCCc1cc(F)cc(F)c1N.CN=C(NCc1ccccc1C(F)(F)F)C1=C(N)CCCCC1. The lowest BCUT2D eigenvalue weighted by Crippen LogP contribution is -2.28. The van der Waals surface area contributed by atoms with Gasteiger partial charge in [0.1, 0.15) is 17.5 Å². The fraction of sp³-hybridized carbons (Fsp3) is 0.423. The molecule has 0 aromatic heterocycles. The van der Waals surface area contributed by atoms with Crippen LogP contribution < -0.4 is 16.8 Å². The molecule has 0 fully saturated rings. The third kappa shape index (κ3) is 8.26. The molecule has 2 aromatic carbocycles. The molecule has 2 aromatic rings. The van der Waals surface area contributed by atoms with E-state index in [1.807, 2.05) is 6.92 Å². The number of rotatable bonds is 5. The van der Waals surface area contributed by atoms with Crippen LogP contribution in [0.4, 0.5) is 27.6 Å². The van der Waals surface area contributed by atoms with Gasteiger partial charge in [0.2, 0.25) is 0 Å². The highest BCUT2D eigenvalue weighted by atomic mass is 19.4. The van der Waals surface area contributed by atoms with Gasteiger partial charge in [0.05, 0.1) is 11.3 Å². The van der Waals surface area contributed by atoms with Gasteiger partial charge in [-0.1, -0.05) is 38.0 Å². The lowest BCUT2D eigenvalue weighted by Gasteiger charge is -2.17. The Morgan fingerprint density at radius 3 is 2.34 bits per heavy atom. The monoisotopic (exact) mass is 496 g/mol. The van der Waals surface area contributed by atoms with Crippen LogP contribution in [0, 0.1) is 11.6 Å².